The van der Waals surface area contributed by atoms with Gasteiger partial charge in [0.1, 0.15) is 12.7 Å². The van der Waals surface area contributed by atoms with Crippen molar-refractivity contribution in [3.63, 3.8) is 0 Å². The zero-order valence-corrected chi connectivity index (χ0v) is 23.6. The number of phosphoric acid groups is 1. The van der Waals surface area contributed by atoms with Crippen molar-refractivity contribution in [3.8, 4) is 0 Å². The van der Waals surface area contributed by atoms with Crippen LogP contribution in [0.15, 0.2) is 0 Å². The molecule has 36 heavy (non-hydrogen) atoms. The summed E-state index contributed by atoms with van der Waals surface area (Å²) in [6, 6.07) is 0. The number of phosphoric ester groups is 1. The molecule has 0 aliphatic heterocycles. The van der Waals surface area contributed by atoms with E-state index in [0.717, 1.165) is 19.3 Å². The van der Waals surface area contributed by atoms with Crippen LogP contribution in [0.25, 0.3) is 0 Å². The molecule has 0 aromatic carbocycles. The first-order valence-corrected chi connectivity index (χ1v) is 15.5. The molecule has 10 heteroatoms. The van der Waals surface area contributed by atoms with Crippen molar-refractivity contribution >= 4 is 19.7 Å². The number of carbonyl (C=O) groups excluding carboxylic acids is 2. The first-order valence-electron chi connectivity index (χ1n) is 14.0. The zero-order chi connectivity index (χ0) is 26.9. The molecule has 214 valence electrons. The second-order valence-corrected chi connectivity index (χ2v) is 10.9. The van der Waals surface area contributed by atoms with Crippen LogP contribution >= 0.6 is 7.82 Å². The average molecular weight is 538 g/mol. The lowest BCUT2D eigenvalue weighted by atomic mass is 10.0. The van der Waals surface area contributed by atoms with E-state index >= 15 is 0 Å². The Bertz CT molecular complexity index is 590. The number of rotatable bonds is 26. The highest BCUT2D eigenvalue weighted by atomic mass is 31.2. The number of amides is 1. The maximum absolute atomic E-state index is 11.9. The fraction of sp³-hybridized carbons (Fsp3) is 0.923. The number of aliphatic hydroxyl groups excluding tert-OH is 1. The summed E-state index contributed by atoms with van der Waals surface area (Å²) in [4.78, 5) is 32.0. The van der Waals surface area contributed by atoms with Crippen LogP contribution in [0.2, 0.25) is 0 Å². The second-order valence-electron chi connectivity index (χ2n) is 9.46. The first-order chi connectivity index (χ1) is 17.3. The monoisotopic (exact) mass is 537 g/mol. The van der Waals surface area contributed by atoms with Crippen LogP contribution in [-0.2, 0) is 27.9 Å². The van der Waals surface area contributed by atoms with Gasteiger partial charge in [-0.1, -0.05) is 103 Å². The Morgan fingerprint density at radius 3 is 1.72 bits per heavy atom. The Morgan fingerprint density at radius 2 is 1.25 bits per heavy atom. The number of esters is 1. The fourth-order valence-corrected chi connectivity index (χ4v) is 4.51. The molecule has 0 fully saturated rings. The third-order valence-corrected chi connectivity index (χ3v) is 6.83. The van der Waals surface area contributed by atoms with Gasteiger partial charge in [0.05, 0.1) is 13.2 Å². The van der Waals surface area contributed by atoms with Crippen molar-refractivity contribution in [2.75, 3.05) is 26.4 Å². The normalized spacial score (nSPS) is 13.8. The lowest BCUT2D eigenvalue weighted by Crippen LogP contribution is -2.27. The molecule has 3 N–H and O–H groups in total. The third kappa shape index (κ3) is 26.1. The average Bonchev–Trinajstić information content (AvgIpc) is 2.84. The molecule has 0 heterocycles. The lowest BCUT2D eigenvalue weighted by molar-refractivity contribution is -0.144. The Labute approximate surface area is 218 Å². The number of hydrogen-bond acceptors (Lipinski definition) is 7. The molecule has 0 saturated heterocycles. The molecular formula is C26H52NO8P. The van der Waals surface area contributed by atoms with Crippen LogP contribution in [0.3, 0.4) is 0 Å². The summed E-state index contributed by atoms with van der Waals surface area (Å²) >= 11 is 0. The molecule has 0 rings (SSSR count). The standard InChI is InChI=1S/C26H52NO8P/c1-3-4-5-6-7-8-9-10-11-12-13-14-15-16-17-18-19-26(30)27-20-21-34-36(31,32)35-23-25(29)22-33-24(2)28/h25,29H,3-23H2,1-2H3,(H,27,30)(H,31,32). The Hall–Kier alpha value is -0.990. The number of carbonyl (C=O) groups is 2. The van der Waals surface area contributed by atoms with Crippen LogP contribution < -0.4 is 5.32 Å². The predicted octanol–water partition coefficient (Wildman–Crippen LogP) is 5.81. The highest BCUT2D eigenvalue weighted by Crippen LogP contribution is 2.42. The van der Waals surface area contributed by atoms with Crippen molar-refractivity contribution < 1.29 is 37.9 Å². The van der Waals surface area contributed by atoms with Gasteiger partial charge >= 0.3 is 13.8 Å². The van der Waals surface area contributed by atoms with Gasteiger partial charge in [-0.15, -0.1) is 0 Å². The fourth-order valence-electron chi connectivity index (χ4n) is 3.75. The van der Waals surface area contributed by atoms with Gasteiger partial charge in [0.25, 0.3) is 0 Å². The van der Waals surface area contributed by atoms with E-state index in [1.807, 2.05) is 0 Å². The van der Waals surface area contributed by atoms with Crippen LogP contribution in [0.1, 0.15) is 123 Å². The quantitative estimate of drug-likeness (QED) is 0.0715. The van der Waals surface area contributed by atoms with Gasteiger partial charge in [-0.2, -0.15) is 0 Å². The molecule has 0 aromatic rings. The van der Waals surface area contributed by atoms with Crippen LogP contribution in [0.4, 0.5) is 0 Å². The topological polar surface area (TPSA) is 131 Å². The minimum absolute atomic E-state index is 0.0849. The molecule has 9 nitrogen and oxygen atoms in total. The van der Waals surface area contributed by atoms with Crippen LogP contribution in [0, 0.1) is 0 Å². The number of nitrogens with one attached hydrogen (secondary N) is 1. The van der Waals surface area contributed by atoms with E-state index in [1.54, 1.807) is 0 Å². The van der Waals surface area contributed by atoms with Crippen LogP contribution in [0.5, 0.6) is 0 Å². The molecule has 0 saturated carbocycles. The summed E-state index contributed by atoms with van der Waals surface area (Å²) in [7, 11) is -4.36. The third-order valence-electron chi connectivity index (χ3n) is 5.85. The SMILES string of the molecule is CCCCCCCCCCCCCCCCCCC(=O)NCCOP(=O)(O)OCC(O)COC(C)=O. The number of aliphatic hydroxyl groups is 1. The minimum atomic E-state index is -4.36. The second kappa shape index (κ2) is 24.4. The Morgan fingerprint density at radius 1 is 0.778 bits per heavy atom. The summed E-state index contributed by atoms with van der Waals surface area (Å²) in [5.74, 6) is -0.692. The predicted molar refractivity (Wildman–Crippen MR) is 142 cm³/mol. The molecule has 1 amide bonds. The summed E-state index contributed by atoms with van der Waals surface area (Å²) in [6.45, 7) is 2.47. The number of hydrogen-bond donors (Lipinski definition) is 3. The van der Waals surface area contributed by atoms with Gasteiger partial charge in [-0.3, -0.25) is 18.6 Å². The highest BCUT2D eigenvalue weighted by Gasteiger charge is 2.23. The van der Waals surface area contributed by atoms with Gasteiger partial charge in [0.15, 0.2) is 0 Å². The summed E-state index contributed by atoms with van der Waals surface area (Å²) in [6.07, 6.45) is 19.7. The Kier molecular flexibility index (Phi) is 23.7. The molecule has 0 aliphatic carbocycles. The molecule has 2 unspecified atom stereocenters. The minimum Gasteiger partial charge on any atom is -0.463 e. The van der Waals surface area contributed by atoms with E-state index in [0.29, 0.717) is 6.42 Å². The molecule has 0 spiro atoms. The molecular weight excluding hydrogens is 485 g/mol. The summed E-state index contributed by atoms with van der Waals surface area (Å²) in [5, 5.41) is 12.1. The first kappa shape index (κ1) is 35.0. The van der Waals surface area contributed by atoms with E-state index in [1.165, 1.54) is 90.4 Å². The number of unbranched alkanes of at least 4 members (excludes halogenated alkanes) is 15. The van der Waals surface area contributed by atoms with E-state index in [9.17, 15) is 24.2 Å². The van der Waals surface area contributed by atoms with E-state index in [2.05, 4.69) is 21.5 Å². The zero-order valence-electron chi connectivity index (χ0n) is 22.7. The summed E-state index contributed by atoms with van der Waals surface area (Å²) in [5.41, 5.74) is 0. The van der Waals surface area contributed by atoms with E-state index in [4.69, 9.17) is 4.52 Å². The smallest absolute Gasteiger partial charge is 0.463 e. The summed E-state index contributed by atoms with van der Waals surface area (Å²) < 4.78 is 25.7. The lowest BCUT2D eigenvalue weighted by Gasteiger charge is -2.15. The Balaban J connectivity index is 3.45. The van der Waals surface area contributed by atoms with Gasteiger partial charge < -0.3 is 20.1 Å². The molecule has 0 bridgehead atoms. The van der Waals surface area contributed by atoms with E-state index in [-0.39, 0.29) is 25.7 Å². The van der Waals surface area contributed by atoms with Gasteiger partial charge in [0.2, 0.25) is 5.91 Å². The molecule has 0 aliphatic rings. The number of ether oxygens (including phenoxy) is 1. The maximum atomic E-state index is 11.9. The molecule has 0 radical (unpaired) electrons. The largest absolute Gasteiger partial charge is 0.472 e. The van der Waals surface area contributed by atoms with Crippen molar-refractivity contribution in [1.82, 2.24) is 5.32 Å². The van der Waals surface area contributed by atoms with Crippen molar-refractivity contribution in [3.05, 3.63) is 0 Å². The van der Waals surface area contributed by atoms with Crippen molar-refractivity contribution in [2.45, 2.75) is 129 Å². The van der Waals surface area contributed by atoms with Gasteiger partial charge in [-0.25, -0.2) is 4.57 Å². The maximum Gasteiger partial charge on any atom is 0.472 e. The van der Waals surface area contributed by atoms with Gasteiger partial charge in [0, 0.05) is 19.9 Å². The van der Waals surface area contributed by atoms with Crippen LogP contribution in [-0.4, -0.2) is 54.3 Å². The molecule has 0 aromatic heterocycles. The van der Waals surface area contributed by atoms with Crippen molar-refractivity contribution in [1.29, 1.82) is 0 Å². The van der Waals surface area contributed by atoms with Crippen molar-refractivity contribution in [2.24, 2.45) is 0 Å². The molecule has 2 atom stereocenters. The van der Waals surface area contributed by atoms with E-state index < -0.39 is 26.5 Å². The highest BCUT2D eigenvalue weighted by molar-refractivity contribution is 7.47. The van der Waals surface area contributed by atoms with Gasteiger partial charge in [-0.05, 0) is 6.42 Å².